The standard InChI is InChI=1S/C16H20N2O/c1-4-19-14-7-5-13(6-8-14)18-16-10-12(3)11(2)9-15(16)17/h5-10,18H,4,17H2,1-3H3. The molecule has 0 atom stereocenters. The lowest BCUT2D eigenvalue weighted by atomic mass is 10.1. The Morgan fingerprint density at radius 2 is 1.68 bits per heavy atom. The lowest BCUT2D eigenvalue weighted by molar-refractivity contribution is 0.340. The number of aryl methyl sites for hydroxylation is 2. The second-order valence-electron chi connectivity index (χ2n) is 4.61. The highest BCUT2D eigenvalue weighted by Crippen LogP contribution is 2.27. The number of hydrogen-bond donors (Lipinski definition) is 2. The highest BCUT2D eigenvalue weighted by Gasteiger charge is 2.03. The van der Waals surface area contributed by atoms with Crippen molar-refractivity contribution in [3.8, 4) is 5.75 Å². The van der Waals surface area contributed by atoms with Crippen LogP contribution in [0.3, 0.4) is 0 Å². The van der Waals surface area contributed by atoms with E-state index in [-0.39, 0.29) is 0 Å². The van der Waals surface area contributed by atoms with Crippen LogP contribution in [0.15, 0.2) is 36.4 Å². The third kappa shape index (κ3) is 3.19. The molecule has 0 saturated carbocycles. The fraction of sp³-hybridized carbons (Fsp3) is 0.250. The Balaban J connectivity index is 2.19. The van der Waals surface area contributed by atoms with Gasteiger partial charge in [-0.1, -0.05) is 0 Å². The molecule has 0 spiro atoms. The van der Waals surface area contributed by atoms with Gasteiger partial charge in [0.1, 0.15) is 5.75 Å². The van der Waals surface area contributed by atoms with Gasteiger partial charge in [-0.05, 0) is 68.3 Å². The van der Waals surface area contributed by atoms with Crippen LogP contribution in [0.4, 0.5) is 17.1 Å². The number of nitrogens with two attached hydrogens (primary N) is 1. The Bertz CT molecular complexity index is 562. The van der Waals surface area contributed by atoms with Gasteiger partial charge in [-0.3, -0.25) is 0 Å². The van der Waals surface area contributed by atoms with E-state index in [0.717, 1.165) is 22.8 Å². The fourth-order valence-corrected chi connectivity index (χ4v) is 1.90. The monoisotopic (exact) mass is 256 g/mol. The second kappa shape index (κ2) is 5.65. The molecule has 0 heterocycles. The van der Waals surface area contributed by atoms with Crippen molar-refractivity contribution in [3.05, 3.63) is 47.5 Å². The maximum Gasteiger partial charge on any atom is 0.119 e. The number of anilines is 3. The van der Waals surface area contributed by atoms with Crippen LogP contribution in [0.25, 0.3) is 0 Å². The number of benzene rings is 2. The zero-order chi connectivity index (χ0) is 13.8. The van der Waals surface area contributed by atoms with Gasteiger partial charge in [0.2, 0.25) is 0 Å². The third-order valence-corrected chi connectivity index (χ3v) is 3.11. The number of hydrogen-bond acceptors (Lipinski definition) is 3. The number of nitrogen functional groups attached to an aromatic ring is 1. The van der Waals surface area contributed by atoms with E-state index >= 15 is 0 Å². The van der Waals surface area contributed by atoms with Crippen molar-refractivity contribution in [2.75, 3.05) is 17.7 Å². The maximum absolute atomic E-state index is 6.03. The van der Waals surface area contributed by atoms with Gasteiger partial charge in [0.25, 0.3) is 0 Å². The molecule has 0 unspecified atom stereocenters. The lowest BCUT2D eigenvalue weighted by Gasteiger charge is -2.12. The minimum atomic E-state index is 0.677. The quantitative estimate of drug-likeness (QED) is 0.812. The van der Waals surface area contributed by atoms with Gasteiger partial charge in [0, 0.05) is 5.69 Å². The molecule has 0 aliphatic heterocycles. The molecule has 0 amide bonds. The van der Waals surface area contributed by atoms with Crippen LogP contribution < -0.4 is 15.8 Å². The molecule has 0 aliphatic carbocycles. The molecule has 2 aromatic carbocycles. The van der Waals surface area contributed by atoms with E-state index in [4.69, 9.17) is 10.5 Å². The molecule has 2 aromatic rings. The van der Waals surface area contributed by atoms with Gasteiger partial charge < -0.3 is 15.8 Å². The summed E-state index contributed by atoms with van der Waals surface area (Å²) in [4.78, 5) is 0. The first-order valence-corrected chi connectivity index (χ1v) is 6.46. The summed E-state index contributed by atoms with van der Waals surface area (Å²) in [7, 11) is 0. The Labute approximate surface area is 114 Å². The summed E-state index contributed by atoms with van der Waals surface area (Å²) < 4.78 is 5.42. The van der Waals surface area contributed by atoms with Gasteiger partial charge in [0.05, 0.1) is 18.0 Å². The average Bonchev–Trinajstić information content (AvgIpc) is 2.38. The van der Waals surface area contributed by atoms with E-state index in [1.807, 2.05) is 37.3 Å². The van der Waals surface area contributed by atoms with Crippen LogP contribution in [-0.2, 0) is 0 Å². The molecule has 0 fully saturated rings. The lowest BCUT2D eigenvalue weighted by Crippen LogP contribution is -1.98. The molecule has 3 N–H and O–H groups in total. The van der Waals surface area contributed by atoms with Gasteiger partial charge >= 0.3 is 0 Å². The minimum absolute atomic E-state index is 0.677. The van der Waals surface area contributed by atoms with Crippen molar-refractivity contribution in [3.63, 3.8) is 0 Å². The highest BCUT2D eigenvalue weighted by atomic mass is 16.5. The average molecular weight is 256 g/mol. The summed E-state index contributed by atoms with van der Waals surface area (Å²) in [6.45, 7) is 6.79. The van der Waals surface area contributed by atoms with Crippen LogP contribution in [-0.4, -0.2) is 6.61 Å². The van der Waals surface area contributed by atoms with Crippen molar-refractivity contribution >= 4 is 17.1 Å². The second-order valence-corrected chi connectivity index (χ2v) is 4.61. The summed E-state index contributed by atoms with van der Waals surface area (Å²) in [5.74, 6) is 0.876. The Hall–Kier alpha value is -2.16. The largest absolute Gasteiger partial charge is 0.494 e. The van der Waals surface area contributed by atoms with Crippen molar-refractivity contribution in [1.29, 1.82) is 0 Å². The van der Waals surface area contributed by atoms with Crippen molar-refractivity contribution in [2.45, 2.75) is 20.8 Å². The number of nitrogens with one attached hydrogen (secondary N) is 1. The smallest absolute Gasteiger partial charge is 0.119 e. The minimum Gasteiger partial charge on any atom is -0.494 e. The van der Waals surface area contributed by atoms with Crippen molar-refractivity contribution in [1.82, 2.24) is 0 Å². The molecule has 100 valence electrons. The Morgan fingerprint density at radius 1 is 1.05 bits per heavy atom. The summed E-state index contributed by atoms with van der Waals surface area (Å²) >= 11 is 0. The predicted octanol–water partition coefficient (Wildman–Crippen LogP) is 4.03. The van der Waals surface area contributed by atoms with Gasteiger partial charge in [0.15, 0.2) is 0 Å². The molecular formula is C16H20N2O. The normalized spacial score (nSPS) is 10.3. The van der Waals surface area contributed by atoms with Gasteiger partial charge in [-0.2, -0.15) is 0 Å². The van der Waals surface area contributed by atoms with Crippen LogP contribution in [0, 0.1) is 13.8 Å². The molecule has 0 aliphatic rings. The van der Waals surface area contributed by atoms with E-state index < -0.39 is 0 Å². The fourth-order valence-electron chi connectivity index (χ4n) is 1.90. The molecule has 2 rings (SSSR count). The summed E-state index contributed by atoms with van der Waals surface area (Å²) in [5, 5.41) is 3.33. The highest BCUT2D eigenvalue weighted by molar-refractivity contribution is 5.74. The molecule has 0 saturated heterocycles. The number of ether oxygens (including phenoxy) is 1. The van der Waals surface area contributed by atoms with Gasteiger partial charge in [-0.15, -0.1) is 0 Å². The first kappa shape index (κ1) is 13.3. The SMILES string of the molecule is CCOc1ccc(Nc2cc(C)c(C)cc2N)cc1. The van der Waals surface area contributed by atoms with E-state index in [1.165, 1.54) is 11.1 Å². The van der Waals surface area contributed by atoms with E-state index in [0.29, 0.717) is 6.61 Å². The zero-order valence-corrected chi connectivity index (χ0v) is 11.7. The van der Waals surface area contributed by atoms with Crippen LogP contribution in [0.5, 0.6) is 5.75 Å². The van der Waals surface area contributed by atoms with Crippen LogP contribution in [0.2, 0.25) is 0 Å². The summed E-state index contributed by atoms with van der Waals surface area (Å²) in [6, 6.07) is 11.9. The molecule has 3 nitrogen and oxygen atoms in total. The summed E-state index contributed by atoms with van der Waals surface area (Å²) in [6.07, 6.45) is 0. The summed E-state index contributed by atoms with van der Waals surface area (Å²) in [5.41, 5.74) is 11.2. The van der Waals surface area contributed by atoms with E-state index in [2.05, 4.69) is 25.2 Å². The van der Waals surface area contributed by atoms with Crippen molar-refractivity contribution in [2.24, 2.45) is 0 Å². The van der Waals surface area contributed by atoms with Crippen LogP contribution in [0.1, 0.15) is 18.1 Å². The molecule has 3 heteroatoms. The van der Waals surface area contributed by atoms with Gasteiger partial charge in [-0.25, -0.2) is 0 Å². The molecule has 0 aromatic heterocycles. The predicted molar refractivity (Wildman–Crippen MR) is 81.2 cm³/mol. The molecule has 0 bridgehead atoms. The van der Waals surface area contributed by atoms with Crippen molar-refractivity contribution < 1.29 is 4.74 Å². The number of rotatable bonds is 4. The Kier molecular flexibility index (Phi) is 3.95. The molecule has 0 radical (unpaired) electrons. The first-order chi connectivity index (χ1) is 9.10. The van der Waals surface area contributed by atoms with Crippen LogP contribution >= 0.6 is 0 Å². The molecular weight excluding hydrogens is 236 g/mol. The topological polar surface area (TPSA) is 47.3 Å². The first-order valence-electron chi connectivity index (χ1n) is 6.46. The molecule has 19 heavy (non-hydrogen) atoms. The van der Waals surface area contributed by atoms with E-state index in [1.54, 1.807) is 0 Å². The Morgan fingerprint density at radius 3 is 2.32 bits per heavy atom. The van der Waals surface area contributed by atoms with E-state index in [9.17, 15) is 0 Å². The maximum atomic E-state index is 6.03. The zero-order valence-electron chi connectivity index (χ0n) is 11.7. The third-order valence-electron chi connectivity index (χ3n) is 3.11.